The minimum Gasteiger partial charge on any atom is -0.348 e. The van der Waals surface area contributed by atoms with Crippen molar-refractivity contribution in [2.24, 2.45) is 0 Å². The fourth-order valence-electron chi connectivity index (χ4n) is 0.877. The summed E-state index contributed by atoms with van der Waals surface area (Å²) in [5, 5.41) is 3.10. The van der Waals surface area contributed by atoms with Gasteiger partial charge in [-0.3, -0.25) is 0 Å². The van der Waals surface area contributed by atoms with E-state index in [2.05, 4.69) is 15.3 Å². The first-order valence-corrected chi connectivity index (χ1v) is 3.55. The predicted molar refractivity (Wildman–Crippen MR) is 40.8 cm³/mol. The smallest absolute Gasteiger partial charge is 0.0921 e. The fourth-order valence-corrected chi connectivity index (χ4v) is 0.877. The quantitative estimate of drug-likeness (QED) is 0.598. The van der Waals surface area contributed by atoms with E-state index in [4.69, 9.17) is 0 Å². The average Bonchev–Trinajstić information content (AvgIpc) is 2.41. The Morgan fingerprint density at radius 3 is 3.20 bits per heavy atom. The van der Waals surface area contributed by atoms with Gasteiger partial charge in [0.25, 0.3) is 0 Å². The lowest BCUT2D eigenvalue weighted by molar-refractivity contribution is 0.717. The monoisotopic (exact) mass is 139 g/mol. The van der Waals surface area contributed by atoms with Gasteiger partial charge in [0.1, 0.15) is 0 Å². The Bertz CT molecular complexity index is 157. The van der Waals surface area contributed by atoms with E-state index >= 15 is 0 Å². The van der Waals surface area contributed by atoms with Crippen molar-refractivity contribution in [1.82, 2.24) is 15.3 Å². The van der Waals surface area contributed by atoms with Crippen LogP contribution in [0.1, 0.15) is 12.1 Å². The molecule has 1 aromatic heterocycles. The van der Waals surface area contributed by atoms with E-state index in [0.717, 1.165) is 13.0 Å². The van der Waals surface area contributed by atoms with Gasteiger partial charge in [-0.05, 0) is 26.4 Å². The number of rotatable bonds is 4. The Labute approximate surface area is 60.9 Å². The minimum atomic E-state index is 1.07. The molecule has 56 valence electrons. The van der Waals surface area contributed by atoms with E-state index in [1.54, 1.807) is 6.33 Å². The number of hydrogen-bond donors (Lipinski definition) is 2. The zero-order valence-corrected chi connectivity index (χ0v) is 6.22. The van der Waals surface area contributed by atoms with Gasteiger partial charge in [0.15, 0.2) is 0 Å². The van der Waals surface area contributed by atoms with Crippen molar-refractivity contribution < 1.29 is 0 Å². The highest BCUT2D eigenvalue weighted by Gasteiger charge is 1.90. The summed E-state index contributed by atoms with van der Waals surface area (Å²) < 4.78 is 0. The Morgan fingerprint density at radius 2 is 2.60 bits per heavy atom. The molecule has 0 aliphatic rings. The topological polar surface area (TPSA) is 40.7 Å². The molecule has 0 saturated heterocycles. The number of aromatic amines is 1. The van der Waals surface area contributed by atoms with Crippen LogP contribution in [0.4, 0.5) is 0 Å². The minimum absolute atomic E-state index is 1.07. The molecular formula is C7H13N3. The standard InChI is InChI=1S/C7H13N3/c1-8-4-2-3-7-5-9-6-10-7/h5-6,8H,2-4H2,1H3,(H,9,10). The molecule has 0 aromatic carbocycles. The van der Waals surface area contributed by atoms with Gasteiger partial charge in [0, 0.05) is 11.9 Å². The lowest BCUT2D eigenvalue weighted by Crippen LogP contribution is -2.08. The third kappa shape index (κ3) is 2.19. The molecule has 1 rings (SSSR count). The second kappa shape index (κ2) is 4.06. The molecule has 3 heteroatoms. The first-order valence-electron chi connectivity index (χ1n) is 3.55. The summed E-state index contributed by atoms with van der Waals surface area (Å²) in [5.74, 6) is 0. The van der Waals surface area contributed by atoms with Gasteiger partial charge >= 0.3 is 0 Å². The van der Waals surface area contributed by atoms with Gasteiger partial charge in [0.2, 0.25) is 0 Å². The molecule has 1 aromatic rings. The average molecular weight is 139 g/mol. The van der Waals surface area contributed by atoms with Crippen molar-refractivity contribution >= 4 is 0 Å². The fraction of sp³-hybridized carbons (Fsp3) is 0.571. The van der Waals surface area contributed by atoms with Crippen LogP contribution in [0.2, 0.25) is 0 Å². The van der Waals surface area contributed by atoms with Crippen molar-refractivity contribution in [1.29, 1.82) is 0 Å². The van der Waals surface area contributed by atoms with Crippen molar-refractivity contribution in [3.63, 3.8) is 0 Å². The summed E-state index contributed by atoms with van der Waals surface area (Å²) in [6, 6.07) is 0. The third-order valence-electron chi connectivity index (χ3n) is 1.43. The molecule has 0 saturated carbocycles. The van der Waals surface area contributed by atoms with Crippen LogP contribution < -0.4 is 5.32 Å². The molecule has 0 radical (unpaired) electrons. The van der Waals surface area contributed by atoms with E-state index in [1.165, 1.54) is 12.1 Å². The lowest BCUT2D eigenvalue weighted by atomic mass is 10.2. The number of imidazole rings is 1. The maximum atomic E-state index is 3.92. The van der Waals surface area contributed by atoms with E-state index in [9.17, 15) is 0 Å². The summed E-state index contributed by atoms with van der Waals surface area (Å²) in [4.78, 5) is 6.98. The van der Waals surface area contributed by atoms with Crippen molar-refractivity contribution in [3.05, 3.63) is 18.2 Å². The maximum absolute atomic E-state index is 3.92. The highest BCUT2D eigenvalue weighted by Crippen LogP contribution is 1.94. The number of hydrogen-bond acceptors (Lipinski definition) is 2. The lowest BCUT2D eigenvalue weighted by Gasteiger charge is -1.95. The number of nitrogens with zero attached hydrogens (tertiary/aromatic N) is 1. The van der Waals surface area contributed by atoms with Crippen LogP contribution >= 0.6 is 0 Å². The zero-order chi connectivity index (χ0) is 7.23. The molecule has 0 aliphatic heterocycles. The maximum Gasteiger partial charge on any atom is 0.0921 e. The Morgan fingerprint density at radius 1 is 1.70 bits per heavy atom. The highest BCUT2D eigenvalue weighted by atomic mass is 14.9. The van der Waals surface area contributed by atoms with Crippen molar-refractivity contribution in [2.75, 3.05) is 13.6 Å². The molecular weight excluding hydrogens is 126 g/mol. The third-order valence-corrected chi connectivity index (χ3v) is 1.43. The summed E-state index contributed by atoms with van der Waals surface area (Å²) in [6.45, 7) is 1.07. The van der Waals surface area contributed by atoms with Crippen LogP contribution in [0, 0.1) is 0 Å². The van der Waals surface area contributed by atoms with Gasteiger partial charge in [0.05, 0.1) is 6.33 Å². The molecule has 2 N–H and O–H groups in total. The number of H-pyrrole nitrogens is 1. The van der Waals surface area contributed by atoms with E-state index < -0.39 is 0 Å². The molecule has 0 bridgehead atoms. The molecule has 0 amide bonds. The summed E-state index contributed by atoms with van der Waals surface area (Å²) in [7, 11) is 1.97. The summed E-state index contributed by atoms with van der Waals surface area (Å²) in [6.07, 6.45) is 5.84. The summed E-state index contributed by atoms with van der Waals surface area (Å²) in [5.41, 5.74) is 1.22. The molecule has 0 spiro atoms. The summed E-state index contributed by atoms with van der Waals surface area (Å²) >= 11 is 0. The second-order valence-electron chi connectivity index (χ2n) is 2.28. The highest BCUT2D eigenvalue weighted by molar-refractivity contribution is 4.93. The predicted octanol–water partition coefficient (Wildman–Crippen LogP) is 0.562. The van der Waals surface area contributed by atoms with Crippen LogP contribution in [0.15, 0.2) is 12.5 Å². The normalized spacial score (nSPS) is 10.1. The van der Waals surface area contributed by atoms with Crippen LogP contribution in [0.5, 0.6) is 0 Å². The molecule has 0 atom stereocenters. The largest absolute Gasteiger partial charge is 0.348 e. The van der Waals surface area contributed by atoms with Crippen LogP contribution in [0.3, 0.4) is 0 Å². The van der Waals surface area contributed by atoms with E-state index in [-0.39, 0.29) is 0 Å². The molecule has 0 unspecified atom stereocenters. The first-order chi connectivity index (χ1) is 4.93. The molecule has 1 heterocycles. The number of nitrogens with one attached hydrogen (secondary N) is 2. The van der Waals surface area contributed by atoms with Gasteiger partial charge in [-0.15, -0.1) is 0 Å². The van der Waals surface area contributed by atoms with Gasteiger partial charge < -0.3 is 10.3 Å². The van der Waals surface area contributed by atoms with Crippen molar-refractivity contribution in [2.45, 2.75) is 12.8 Å². The van der Waals surface area contributed by atoms with E-state index in [1.807, 2.05) is 13.2 Å². The van der Waals surface area contributed by atoms with Gasteiger partial charge in [-0.2, -0.15) is 0 Å². The van der Waals surface area contributed by atoms with Crippen LogP contribution in [0.25, 0.3) is 0 Å². The molecule has 3 nitrogen and oxygen atoms in total. The van der Waals surface area contributed by atoms with E-state index in [0.29, 0.717) is 0 Å². The zero-order valence-electron chi connectivity index (χ0n) is 6.22. The molecule has 10 heavy (non-hydrogen) atoms. The van der Waals surface area contributed by atoms with Crippen LogP contribution in [-0.2, 0) is 6.42 Å². The van der Waals surface area contributed by atoms with Gasteiger partial charge in [-0.1, -0.05) is 0 Å². The molecule has 0 fully saturated rings. The molecule has 0 aliphatic carbocycles. The van der Waals surface area contributed by atoms with Crippen molar-refractivity contribution in [3.8, 4) is 0 Å². The number of aromatic nitrogens is 2. The Hall–Kier alpha value is -0.830. The van der Waals surface area contributed by atoms with Crippen LogP contribution in [-0.4, -0.2) is 23.6 Å². The SMILES string of the molecule is CNCCCc1cnc[nH]1. The first kappa shape index (κ1) is 7.28. The Kier molecular flexibility index (Phi) is 2.96. The number of aryl methyl sites for hydroxylation is 1. The second-order valence-corrected chi connectivity index (χ2v) is 2.28. The van der Waals surface area contributed by atoms with Gasteiger partial charge in [-0.25, -0.2) is 4.98 Å². The Balaban J connectivity index is 2.15.